The molecule has 2 amide bonds. The molecule has 1 aromatic carbocycles. The van der Waals surface area contributed by atoms with Gasteiger partial charge in [-0.2, -0.15) is 0 Å². The molecular formula is C19H22N4O2. The van der Waals surface area contributed by atoms with Crippen molar-refractivity contribution in [2.75, 3.05) is 19.6 Å². The van der Waals surface area contributed by atoms with Crippen LogP contribution in [0.25, 0.3) is 11.4 Å². The highest BCUT2D eigenvalue weighted by Crippen LogP contribution is 2.38. The molecule has 2 aliphatic rings. The smallest absolute Gasteiger partial charge is 0.274 e. The molecule has 1 spiro atoms. The molecule has 2 aromatic rings. The van der Waals surface area contributed by atoms with Crippen LogP contribution in [0, 0.1) is 12.3 Å². The van der Waals surface area contributed by atoms with Crippen molar-refractivity contribution in [3.63, 3.8) is 0 Å². The third kappa shape index (κ3) is 2.71. The molecule has 4 rings (SSSR count). The fraction of sp³-hybridized carbons (Fsp3) is 0.421. The molecule has 6 heteroatoms. The van der Waals surface area contributed by atoms with Gasteiger partial charge in [0.05, 0.1) is 5.41 Å². The molecule has 0 unspecified atom stereocenters. The second kappa shape index (κ2) is 6.02. The number of H-pyrrole nitrogens is 1. The van der Waals surface area contributed by atoms with Crippen molar-refractivity contribution >= 4 is 11.8 Å². The highest BCUT2D eigenvalue weighted by atomic mass is 16.2. The van der Waals surface area contributed by atoms with Gasteiger partial charge in [-0.15, -0.1) is 0 Å². The summed E-state index contributed by atoms with van der Waals surface area (Å²) in [6.45, 7) is 3.71. The Hall–Kier alpha value is -2.63. The number of aryl methyl sites for hydroxylation is 1. The summed E-state index contributed by atoms with van der Waals surface area (Å²) in [5, 5.41) is 2.95. The molecule has 25 heavy (non-hydrogen) atoms. The van der Waals surface area contributed by atoms with Crippen molar-refractivity contribution in [2.45, 2.75) is 26.2 Å². The van der Waals surface area contributed by atoms with E-state index in [0.29, 0.717) is 24.6 Å². The zero-order valence-corrected chi connectivity index (χ0v) is 14.3. The van der Waals surface area contributed by atoms with Gasteiger partial charge in [-0.1, -0.05) is 30.3 Å². The molecule has 1 aromatic heterocycles. The number of aromatic nitrogens is 2. The third-order valence-electron chi connectivity index (χ3n) is 5.37. The Morgan fingerprint density at radius 2 is 2.04 bits per heavy atom. The molecule has 6 nitrogen and oxygen atoms in total. The number of aromatic amines is 1. The number of carbonyl (C=O) groups is 2. The van der Waals surface area contributed by atoms with Gasteiger partial charge in [0.15, 0.2) is 0 Å². The number of benzene rings is 1. The second-order valence-electron chi connectivity index (χ2n) is 7.04. The van der Waals surface area contributed by atoms with Gasteiger partial charge in [0.1, 0.15) is 11.5 Å². The van der Waals surface area contributed by atoms with Gasteiger partial charge in [-0.3, -0.25) is 9.59 Å². The van der Waals surface area contributed by atoms with E-state index in [1.165, 1.54) is 0 Å². The van der Waals surface area contributed by atoms with Crippen LogP contribution in [0.3, 0.4) is 0 Å². The van der Waals surface area contributed by atoms with E-state index in [-0.39, 0.29) is 11.8 Å². The van der Waals surface area contributed by atoms with E-state index in [0.717, 1.165) is 37.1 Å². The third-order valence-corrected chi connectivity index (χ3v) is 5.37. The monoisotopic (exact) mass is 338 g/mol. The van der Waals surface area contributed by atoms with E-state index in [4.69, 9.17) is 0 Å². The van der Waals surface area contributed by atoms with Crippen molar-refractivity contribution in [1.82, 2.24) is 20.2 Å². The number of hydrogen-bond donors (Lipinski definition) is 2. The summed E-state index contributed by atoms with van der Waals surface area (Å²) < 4.78 is 0. The average molecular weight is 338 g/mol. The first-order valence-electron chi connectivity index (χ1n) is 8.79. The maximum Gasteiger partial charge on any atom is 0.274 e. The van der Waals surface area contributed by atoms with Gasteiger partial charge >= 0.3 is 0 Å². The fourth-order valence-electron chi connectivity index (χ4n) is 3.92. The van der Waals surface area contributed by atoms with Crippen LogP contribution in [-0.2, 0) is 4.79 Å². The molecule has 2 fully saturated rings. The Kier molecular flexibility index (Phi) is 3.82. The number of likely N-dealkylation sites (tertiary alicyclic amines) is 1. The Balaban J connectivity index is 1.56. The lowest BCUT2D eigenvalue weighted by Gasteiger charge is -2.32. The molecular weight excluding hydrogens is 316 g/mol. The quantitative estimate of drug-likeness (QED) is 0.880. The summed E-state index contributed by atoms with van der Waals surface area (Å²) in [6, 6.07) is 9.76. The Morgan fingerprint density at radius 1 is 1.24 bits per heavy atom. The summed E-state index contributed by atoms with van der Waals surface area (Å²) in [7, 11) is 0. The van der Waals surface area contributed by atoms with Crippen molar-refractivity contribution in [2.24, 2.45) is 5.41 Å². The normalized spacial score (nSPS) is 23.1. The standard InChI is InChI=1S/C19H22N4O2/c1-13-15(22-16(21-13)14-6-3-2-4-7-14)17(24)23-11-9-19(12-23)8-5-10-20-18(19)25/h2-4,6-7H,5,8-12H2,1H3,(H,20,25)(H,21,22)/t19-/m0/s1. The lowest BCUT2D eigenvalue weighted by atomic mass is 9.79. The molecule has 2 saturated heterocycles. The predicted octanol–water partition coefficient (Wildman–Crippen LogP) is 2.13. The minimum atomic E-state index is -0.402. The first-order chi connectivity index (χ1) is 12.1. The van der Waals surface area contributed by atoms with Crippen LogP contribution >= 0.6 is 0 Å². The van der Waals surface area contributed by atoms with E-state index in [1.807, 2.05) is 37.3 Å². The molecule has 0 aliphatic carbocycles. The lowest BCUT2D eigenvalue weighted by molar-refractivity contribution is -0.132. The van der Waals surface area contributed by atoms with Crippen LogP contribution in [0.5, 0.6) is 0 Å². The summed E-state index contributed by atoms with van der Waals surface area (Å²) >= 11 is 0. The van der Waals surface area contributed by atoms with Gasteiger partial charge in [0, 0.05) is 30.9 Å². The van der Waals surface area contributed by atoms with E-state index in [1.54, 1.807) is 4.90 Å². The van der Waals surface area contributed by atoms with Crippen molar-refractivity contribution in [3.05, 3.63) is 41.7 Å². The van der Waals surface area contributed by atoms with Crippen molar-refractivity contribution in [1.29, 1.82) is 0 Å². The van der Waals surface area contributed by atoms with E-state index in [9.17, 15) is 9.59 Å². The molecule has 0 radical (unpaired) electrons. The fourth-order valence-corrected chi connectivity index (χ4v) is 3.92. The van der Waals surface area contributed by atoms with Crippen LogP contribution in [0.15, 0.2) is 30.3 Å². The molecule has 3 heterocycles. The van der Waals surface area contributed by atoms with Gasteiger partial charge in [-0.05, 0) is 26.2 Å². The lowest BCUT2D eigenvalue weighted by Crippen LogP contribution is -2.47. The van der Waals surface area contributed by atoms with Crippen LogP contribution in [-0.4, -0.2) is 46.3 Å². The number of hydrogen-bond acceptors (Lipinski definition) is 3. The Bertz CT molecular complexity index is 814. The van der Waals surface area contributed by atoms with Gasteiger partial charge in [0.25, 0.3) is 5.91 Å². The zero-order chi connectivity index (χ0) is 17.4. The summed E-state index contributed by atoms with van der Waals surface area (Å²) in [6.07, 6.45) is 2.57. The largest absolute Gasteiger partial charge is 0.356 e. The van der Waals surface area contributed by atoms with Crippen LogP contribution in [0.2, 0.25) is 0 Å². The zero-order valence-electron chi connectivity index (χ0n) is 14.3. The highest BCUT2D eigenvalue weighted by molar-refractivity contribution is 5.95. The molecule has 1 atom stereocenters. The number of carbonyl (C=O) groups excluding carboxylic acids is 2. The van der Waals surface area contributed by atoms with E-state index < -0.39 is 5.41 Å². The van der Waals surface area contributed by atoms with E-state index in [2.05, 4.69) is 15.3 Å². The number of nitrogens with zero attached hydrogens (tertiary/aromatic N) is 2. The summed E-state index contributed by atoms with van der Waals surface area (Å²) in [5.74, 6) is 0.703. The SMILES string of the molecule is Cc1[nH]c(-c2ccccc2)nc1C(=O)N1CC[C@@]2(CCCNC2=O)C1. The number of nitrogens with one attached hydrogen (secondary N) is 2. The van der Waals surface area contributed by atoms with Gasteiger partial charge in [0.2, 0.25) is 5.91 Å². The Morgan fingerprint density at radius 3 is 2.80 bits per heavy atom. The second-order valence-corrected chi connectivity index (χ2v) is 7.04. The van der Waals surface area contributed by atoms with E-state index >= 15 is 0 Å². The van der Waals surface area contributed by atoms with Crippen molar-refractivity contribution < 1.29 is 9.59 Å². The summed E-state index contributed by atoms with van der Waals surface area (Å²) in [5.41, 5.74) is 1.76. The maximum atomic E-state index is 13.0. The molecule has 0 saturated carbocycles. The molecule has 2 aliphatic heterocycles. The highest BCUT2D eigenvalue weighted by Gasteiger charge is 2.47. The predicted molar refractivity (Wildman–Crippen MR) is 94.0 cm³/mol. The first kappa shape index (κ1) is 15.9. The number of amides is 2. The molecule has 130 valence electrons. The first-order valence-corrected chi connectivity index (χ1v) is 8.79. The number of imidazole rings is 1. The van der Waals surface area contributed by atoms with Crippen LogP contribution in [0.4, 0.5) is 0 Å². The molecule has 2 N–H and O–H groups in total. The summed E-state index contributed by atoms with van der Waals surface area (Å²) in [4.78, 5) is 34.8. The molecule has 0 bridgehead atoms. The van der Waals surface area contributed by atoms with Crippen molar-refractivity contribution in [3.8, 4) is 11.4 Å². The minimum absolute atomic E-state index is 0.0915. The van der Waals surface area contributed by atoms with Crippen LogP contribution < -0.4 is 5.32 Å². The van der Waals surface area contributed by atoms with Crippen LogP contribution in [0.1, 0.15) is 35.4 Å². The number of rotatable bonds is 2. The minimum Gasteiger partial charge on any atom is -0.356 e. The Labute approximate surface area is 146 Å². The maximum absolute atomic E-state index is 13.0. The number of piperidine rings is 1. The topological polar surface area (TPSA) is 78.1 Å². The van der Waals surface area contributed by atoms with Gasteiger partial charge < -0.3 is 15.2 Å². The average Bonchev–Trinajstić information content (AvgIpc) is 3.23. The van der Waals surface area contributed by atoms with Gasteiger partial charge in [-0.25, -0.2) is 4.98 Å².